The monoisotopic (exact) mass is 351 g/mol. The highest BCUT2D eigenvalue weighted by molar-refractivity contribution is 7.86. The zero-order valence-corrected chi connectivity index (χ0v) is 15.5. The Hall–Kier alpha value is -0.950. The van der Waals surface area contributed by atoms with E-state index in [0.29, 0.717) is 26.2 Å². The maximum atomic E-state index is 12.8. The lowest BCUT2D eigenvalue weighted by atomic mass is 10.1. The predicted octanol–water partition coefficient (Wildman–Crippen LogP) is 2.23. The molecule has 0 spiro atoms. The van der Waals surface area contributed by atoms with Crippen LogP contribution in [0.1, 0.15) is 36.8 Å². The first kappa shape index (κ1) is 17.9. The van der Waals surface area contributed by atoms with Crippen molar-refractivity contribution in [3.05, 3.63) is 35.4 Å². The molecule has 3 rings (SSSR count). The molecule has 0 aliphatic carbocycles. The molecule has 0 amide bonds. The zero-order chi connectivity index (χ0) is 17.0. The van der Waals surface area contributed by atoms with Gasteiger partial charge in [0.1, 0.15) is 0 Å². The summed E-state index contributed by atoms with van der Waals surface area (Å²) in [7, 11) is -3.27. The summed E-state index contributed by atoms with van der Waals surface area (Å²) in [6, 6.07) is 8.43. The number of piperazine rings is 1. The molecule has 2 aliphatic rings. The minimum atomic E-state index is -3.27. The summed E-state index contributed by atoms with van der Waals surface area (Å²) >= 11 is 0. The number of aryl methyl sites for hydroxylation is 1. The molecule has 6 heteroatoms. The molecule has 0 unspecified atom stereocenters. The van der Waals surface area contributed by atoms with Crippen molar-refractivity contribution >= 4 is 10.2 Å². The third-order valence-corrected chi connectivity index (χ3v) is 7.24. The zero-order valence-electron chi connectivity index (χ0n) is 14.7. The summed E-state index contributed by atoms with van der Waals surface area (Å²) in [6.45, 7) is 7.23. The summed E-state index contributed by atoms with van der Waals surface area (Å²) in [5, 5.41) is 0. The van der Waals surface area contributed by atoms with Crippen molar-refractivity contribution in [1.82, 2.24) is 13.5 Å². The fraction of sp³-hybridized carbons (Fsp3) is 0.667. The minimum absolute atomic E-state index is 0.602. The van der Waals surface area contributed by atoms with Crippen LogP contribution in [0, 0.1) is 6.92 Å². The van der Waals surface area contributed by atoms with E-state index in [1.807, 2.05) is 0 Å². The van der Waals surface area contributed by atoms with Crippen molar-refractivity contribution < 1.29 is 8.42 Å². The van der Waals surface area contributed by atoms with E-state index in [4.69, 9.17) is 0 Å². The van der Waals surface area contributed by atoms with E-state index in [9.17, 15) is 8.42 Å². The van der Waals surface area contributed by atoms with Crippen LogP contribution in [0.2, 0.25) is 0 Å². The molecule has 0 radical (unpaired) electrons. The predicted molar refractivity (Wildman–Crippen MR) is 97.0 cm³/mol. The Morgan fingerprint density at radius 2 is 1.42 bits per heavy atom. The van der Waals surface area contributed by atoms with Gasteiger partial charge in [0.25, 0.3) is 10.2 Å². The van der Waals surface area contributed by atoms with E-state index in [1.165, 1.54) is 11.1 Å². The summed E-state index contributed by atoms with van der Waals surface area (Å²) in [5.74, 6) is 0. The number of nitrogens with zero attached hydrogens (tertiary/aromatic N) is 3. The van der Waals surface area contributed by atoms with E-state index in [1.54, 1.807) is 8.61 Å². The second-order valence-electron chi connectivity index (χ2n) is 6.92. The summed E-state index contributed by atoms with van der Waals surface area (Å²) in [6.07, 6.45) is 4.28. The fourth-order valence-electron chi connectivity index (χ4n) is 3.58. The van der Waals surface area contributed by atoms with Gasteiger partial charge in [-0.15, -0.1) is 0 Å². The summed E-state index contributed by atoms with van der Waals surface area (Å²) in [4.78, 5) is 2.36. The molecule has 0 bridgehead atoms. The summed E-state index contributed by atoms with van der Waals surface area (Å²) < 4.78 is 29.1. The third kappa shape index (κ3) is 4.17. The molecule has 2 aliphatic heterocycles. The lowest BCUT2D eigenvalue weighted by molar-refractivity contribution is 0.174. The molecule has 2 saturated heterocycles. The lowest BCUT2D eigenvalue weighted by Crippen LogP contribution is -2.52. The SMILES string of the molecule is Cc1ccccc1CN1CCN(S(=O)(=O)N2CCCCCC2)CC1. The number of rotatable bonds is 4. The van der Waals surface area contributed by atoms with Crippen LogP contribution in [0.25, 0.3) is 0 Å². The highest BCUT2D eigenvalue weighted by Gasteiger charge is 2.32. The van der Waals surface area contributed by atoms with Crippen LogP contribution in [-0.2, 0) is 16.8 Å². The van der Waals surface area contributed by atoms with Gasteiger partial charge in [0.2, 0.25) is 0 Å². The van der Waals surface area contributed by atoms with Crippen molar-refractivity contribution in [3.63, 3.8) is 0 Å². The van der Waals surface area contributed by atoms with Crippen LogP contribution in [0.4, 0.5) is 0 Å². The highest BCUT2D eigenvalue weighted by atomic mass is 32.2. The minimum Gasteiger partial charge on any atom is -0.296 e. The molecule has 0 aromatic heterocycles. The average Bonchev–Trinajstić information content (AvgIpc) is 2.87. The Balaban J connectivity index is 1.57. The van der Waals surface area contributed by atoms with Gasteiger partial charge in [-0.05, 0) is 30.9 Å². The molecular formula is C18H29N3O2S. The van der Waals surface area contributed by atoms with Gasteiger partial charge in [0, 0.05) is 45.8 Å². The van der Waals surface area contributed by atoms with Crippen LogP contribution < -0.4 is 0 Å². The largest absolute Gasteiger partial charge is 0.296 e. The Bertz CT molecular complexity index is 631. The summed E-state index contributed by atoms with van der Waals surface area (Å²) in [5.41, 5.74) is 2.64. The van der Waals surface area contributed by atoms with Crippen molar-refractivity contribution in [2.24, 2.45) is 0 Å². The quantitative estimate of drug-likeness (QED) is 0.836. The van der Waals surface area contributed by atoms with Crippen molar-refractivity contribution in [1.29, 1.82) is 0 Å². The van der Waals surface area contributed by atoms with E-state index in [2.05, 4.69) is 36.1 Å². The molecule has 0 saturated carbocycles. The topological polar surface area (TPSA) is 43.9 Å². The molecule has 5 nitrogen and oxygen atoms in total. The fourth-order valence-corrected chi connectivity index (χ4v) is 5.25. The van der Waals surface area contributed by atoms with E-state index in [0.717, 1.165) is 45.3 Å². The third-order valence-electron chi connectivity index (χ3n) is 5.20. The smallest absolute Gasteiger partial charge is 0.282 e. The van der Waals surface area contributed by atoms with E-state index < -0.39 is 10.2 Å². The molecule has 1 aromatic carbocycles. The average molecular weight is 352 g/mol. The Kier molecular flexibility index (Phi) is 5.92. The first-order valence-corrected chi connectivity index (χ1v) is 10.5. The van der Waals surface area contributed by atoms with Gasteiger partial charge >= 0.3 is 0 Å². The standard InChI is InChI=1S/C18H29N3O2S/c1-17-8-4-5-9-18(17)16-19-12-14-21(15-13-19)24(22,23)20-10-6-2-3-7-11-20/h4-5,8-9H,2-3,6-7,10-16H2,1H3. The van der Waals surface area contributed by atoms with Crippen LogP contribution in [-0.4, -0.2) is 61.2 Å². The Morgan fingerprint density at radius 3 is 2.04 bits per heavy atom. The molecule has 0 N–H and O–H groups in total. The van der Waals surface area contributed by atoms with Gasteiger partial charge in [-0.25, -0.2) is 0 Å². The number of hydrogen-bond acceptors (Lipinski definition) is 3. The Morgan fingerprint density at radius 1 is 0.833 bits per heavy atom. The van der Waals surface area contributed by atoms with Crippen LogP contribution >= 0.6 is 0 Å². The molecule has 134 valence electrons. The second kappa shape index (κ2) is 7.95. The van der Waals surface area contributed by atoms with E-state index >= 15 is 0 Å². The van der Waals surface area contributed by atoms with Crippen LogP contribution in [0.15, 0.2) is 24.3 Å². The van der Waals surface area contributed by atoms with Gasteiger partial charge < -0.3 is 0 Å². The number of hydrogen-bond donors (Lipinski definition) is 0. The van der Waals surface area contributed by atoms with Gasteiger partial charge in [-0.3, -0.25) is 4.90 Å². The second-order valence-corrected chi connectivity index (χ2v) is 8.85. The molecule has 0 atom stereocenters. The van der Waals surface area contributed by atoms with Crippen molar-refractivity contribution in [3.8, 4) is 0 Å². The molecule has 1 aromatic rings. The first-order valence-electron chi connectivity index (χ1n) is 9.09. The maximum Gasteiger partial charge on any atom is 0.282 e. The van der Waals surface area contributed by atoms with Crippen LogP contribution in [0.3, 0.4) is 0 Å². The van der Waals surface area contributed by atoms with E-state index in [-0.39, 0.29) is 0 Å². The van der Waals surface area contributed by atoms with Gasteiger partial charge in [-0.1, -0.05) is 37.1 Å². The molecular weight excluding hydrogens is 322 g/mol. The van der Waals surface area contributed by atoms with Gasteiger partial charge in [0.05, 0.1) is 0 Å². The highest BCUT2D eigenvalue weighted by Crippen LogP contribution is 2.19. The normalized spacial score (nSPS) is 22.4. The molecule has 2 fully saturated rings. The first-order chi connectivity index (χ1) is 11.6. The van der Waals surface area contributed by atoms with Crippen molar-refractivity contribution in [2.75, 3.05) is 39.3 Å². The molecule has 2 heterocycles. The number of benzene rings is 1. The lowest BCUT2D eigenvalue weighted by Gasteiger charge is -2.36. The van der Waals surface area contributed by atoms with Gasteiger partial charge in [0.15, 0.2) is 0 Å². The Labute approximate surface area is 146 Å². The van der Waals surface area contributed by atoms with Crippen molar-refractivity contribution in [2.45, 2.75) is 39.2 Å². The maximum absolute atomic E-state index is 12.8. The van der Waals surface area contributed by atoms with Crippen LogP contribution in [0.5, 0.6) is 0 Å². The molecule has 24 heavy (non-hydrogen) atoms. The van der Waals surface area contributed by atoms with Gasteiger partial charge in [-0.2, -0.15) is 17.0 Å².